The number of nitrogens with zero attached hydrogens (tertiary/aromatic N) is 1. The highest BCUT2D eigenvalue weighted by molar-refractivity contribution is 6.37. The Hall–Kier alpha value is -1.78. The topological polar surface area (TPSA) is 38.8 Å². The van der Waals surface area contributed by atoms with E-state index in [0.717, 1.165) is 72.8 Å². The Balaban J connectivity index is 1.41. The SMILES string of the molecule is CCOC(=O)C1CCN(Cc2ccc3ccc(O[C@H]4CC[C@@H](C)CC4)c(Cl)c3c2)CC1. The number of ether oxygens (including phenoxy) is 2. The molecule has 0 spiro atoms. The molecule has 0 aromatic heterocycles. The van der Waals surface area contributed by atoms with Crippen LogP contribution in [0.25, 0.3) is 10.8 Å². The maximum atomic E-state index is 12.0. The third kappa shape index (κ3) is 5.53. The van der Waals surface area contributed by atoms with Crippen molar-refractivity contribution in [3.63, 3.8) is 0 Å². The molecule has 1 saturated heterocycles. The van der Waals surface area contributed by atoms with Gasteiger partial charge in [-0.05, 0) is 87.5 Å². The predicted molar refractivity (Wildman–Crippen MR) is 126 cm³/mol. The second kappa shape index (κ2) is 10.2. The second-order valence-corrected chi connectivity index (χ2v) is 9.61. The zero-order chi connectivity index (χ0) is 21.8. The molecule has 1 heterocycles. The Morgan fingerprint density at radius 3 is 2.48 bits per heavy atom. The van der Waals surface area contributed by atoms with Crippen LogP contribution in [0.4, 0.5) is 0 Å². The van der Waals surface area contributed by atoms with Crippen molar-refractivity contribution in [2.24, 2.45) is 11.8 Å². The Morgan fingerprint density at radius 2 is 1.77 bits per heavy atom. The molecular formula is C26H34ClNO3. The van der Waals surface area contributed by atoms with Gasteiger partial charge >= 0.3 is 5.97 Å². The molecule has 4 rings (SSSR count). The smallest absolute Gasteiger partial charge is 0.309 e. The Morgan fingerprint density at radius 1 is 1.06 bits per heavy atom. The zero-order valence-corrected chi connectivity index (χ0v) is 19.5. The van der Waals surface area contributed by atoms with Gasteiger partial charge in [0.15, 0.2) is 0 Å². The fourth-order valence-corrected chi connectivity index (χ4v) is 5.14. The van der Waals surface area contributed by atoms with Crippen LogP contribution in [0.2, 0.25) is 5.02 Å². The van der Waals surface area contributed by atoms with Gasteiger partial charge in [0.1, 0.15) is 5.75 Å². The molecule has 0 amide bonds. The van der Waals surface area contributed by atoms with Crippen LogP contribution in [0.15, 0.2) is 30.3 Å². The summed E-state index contributed by atoms with van der Waals surface area (Å²) >= 11 is 6.80. The van der Waals surface area contributed by atoms with Crippen LogP contribution >= 0.6 is 11.6 Å². The number of likely N-dealkylation sites (tertiary alicyclic amines) is 1. The summed E-state index contributed by atoms with van der Waals surface area (Å²) in [6.45, 7) is 7.34. The van der Waals surface area contributed by atoms with Crippen molar-refractivity contribution >= 4 is 28.3 Å². The fraction of sp³-hybridized carbons (Fsp3) is 0.577. The van der Waals surface area contributed by atoms with Crippen molar-refractivity contribution in [3.05, 3.63) is 40.9 Å². The van der Waals surface area contributed by atoms with Crippen molar-refractivity contribution in [2.45, 2.75) is 65.0 Å². The Labute approximate surface area is 190 Å². The number of halogens is 1. The van der Waals surface area contributed by atoms with Crippen LogP contribution in [0.1, 0.15) is 57.9 Å². The monoisotopic (exact) mass is 443 g/mol. The highest BCUT2D eigenvalue weighted by Crippen LogP contribution is 2.36. The molecule has 1 aliphatic carbocycles. The molecular weight excluding hydrogens is 410 g/mol. The molecule has 0 radical (unpaired) electrons. The van der Waals surface area contributed by atoms with E-state index in [4.69, 9.17) is 21.1 Å². The van der Waals surface area contributed by atoms with Crippen molar-refractivity contribution in [2.75, 3.05) is 19.7 Å². The molecule has 2 aromatic rings. The predicted octanol–water partition coefficient (Wildman–Crippen LogP) is 6.23. The minimum Gasteiger partial charge on any atom is -0.489 e. The van der Waals surface area contributed by atoms with Gasteiger partial charge in [-0.2, -0.15) is 0 Å². The summed E-state index contributed by atoms with van der Waals surface area (Å²) in [5.74, 6) is 1.61. The largest absolute Gasteiger partial charge is 0.489 e. The lowest BCUT2D eigenvalue weighted by atomic mass is 9.89. The van der Waals surface area contributed by atoms with E-state index in [9.17, 15) is 4.79 Å². The fourth-order valence-electron chi connectivity index (χ4n) is 4.87. The molecule has 168 valence electrons. The number of hydrogen-bond donors (Lipinski definition) is 0. The lowest BCUT2D eigenvalue weighted by Crippen LogP contribution is -2.36. The van der Waals surface area contributed by atoms with Gasteiger partial charge in [0.2, 0.25) is 0 Å². The van der Waals surface area contributed by atoms with Gasteiger partial charge in [0, 0.05) is 11.9 Å². The number of esters is 1. The van der Waals surface area contributed by atoms with Crippen LogP contribution in [0.5, 0.6) is 5.75 Å². The second-order valence-electron chi connectivity index (χ2n) is 9.24. The van der Waals surface area contributed by atoms with E-state index in [1.807, 2.05) is 13.0 Å². The summed E-state index contributed by atoms with van der Waals surface area (Å²) in [4.78, 5) is 14.4. The van der Waals surface area contributed by atoms with Gasteiger partial charge in [-0.1, -0.05) is 36.7 Å². The summed E-state index contributed by atoms with van der Waals surface area (Å²) in [5.41, 5.74) is 1.24. The van der Waals surface area contributed by atoms with E-state index in [-0.39, 0.29) is 18.0 Å². The first-order chi connectivity index (χ1) is 15.0. The first-order valence-electron chi connectivity index (χ1n) is 11.8. The number of piperidine rings is 1. The van der Waals surface area contributed by atoms with Gasteiger partial charge in [0.25, 0.3) is 0 Å². The summed E-state index contributed by atoms with van der Waals surface area (Å²) in [6, 6.07) is 10.6. The highest BCUT2D eigenvalue weighted by atomic mass is 35.5. The lowest BCUT2D eigenvalue weighted by Gasteiger charge is -2.30. The zero-order valence-electron chi connectivity index (χ0n) is 18.7. The maximum Gasteiger partial charge on any atom is 0.309 e. The van der Waals surface area contributed by atoms with Gasteiger partial charge in [-0.3, -0.25) is 9.69 Å². The van der Waals surface area contributed by atoms with Crippen LogP contribution in [0, 0.1) is 11.8 Å². The number of carbonyl (C=O) groups excluding carboxylic acids is 1. The number of benzene rings is 2. The van der Waals surface area contributed by atoms with Crippen molar-refractivity contribution in [1.82, 2.24) is 4.90 Å². The van der Waals surface area contributed by atoms with E-state index >= 15 is 0 Å². The van der Waals surface area contributed by atoms with E-state index < -0.39 is 0 Å². The standard InChI is InChI=1S/C26H34ClNO3/c1-3-30-26(29)21-12-14-28(15-13-21)17-19-6-7-20-8-11-24(25(27)23(20)16-19)31-22-9-4-18(2)5-10-22/h6-8,11,16,18,21-22H,3-5,9-10,12-15,17H2,1-2H3/t18-,22+. The average molecular weight is 444 g/mol. The number of fused-ring (bicyclic) bond motifs is 1. The minimum absolute atomic E-state index is 0.0420. The molecule has 2 fully saturated rings. The van der Waals surface area contributed by atoms with Crippen LogP contribution in [-0.4, -0.2) is 36.7 Å². The van der Waals surface area contributed by atoms with Gasteiger partial charge in [0.05, 0.1) is 23.7 Å². The van der Waals surface area contributed by atoms with Crippen molar-refractivity contribution in [3.8, 4) is 5.75 Å². The normalized spacial score (nSPS) is 23.1. The van der Waals surface area contributed by atoms with Gasteiger partial charge < -0.3 is 9.47 Å². The Kier molecular flexibility index (Phi) is 7.39. The molecule has 2 aromatic carbocycles. The molecule has 1 saturated carbocycles. The number of carbonyl (C=O) groups is 1. The maximum absolute atomic E-state index is 12.0. The first-order valence-corrected chi connectivity index (χ1v) is 12.2. The van der Waals surface area contributed by atoms with E-state index in [0.29, 0.717) is 6.61 Å². The van der Waals surface area contributed by atoms with Gasteiger partial charge in [-0.15, -0.1) is 0 Å². The van der Waals surface area contributed by atoms with Crippen LogP contribution in [-0.2, 0) is 16.1 Å². The van der Waals surface area contributed by atoms with Crippen molar-refractivity contribution in [1.29, 1.82) is 0 Å². The average Bonchev–Trinajstić information content (AvgIpc) is 2.78. The molecule has 1 aliphatic heterocycles. The number of rotatable bonds is 6. The molecule has 0 bridgehead atoms. The summed E-state index contributed by atoms with van der Waals surface area (Å²) in [6.07, 6.45) is 6.68. The minimum atomic E-state index is -0.0420. The van der Waals surface area contributed by atoms with E-state index in [1.165, 1.54) is 18.4 Å². The first kappa shape index (κ1) is 22.4. The molecule has 31 heavy (non-hydrogen) atoms. The molecule has 2 aliphatic rings. The summed E-state index contributed by atoms with van der Waals surface area (Å²) in [7, 11) is 0. The van der Waals surface area contributed by atoms with E-state index in [2.05, 4.69) is 36.1 Å². The molecule has 0 atom stereocenters. The highest BCUT2D eigenvalue weighted by Gasteiger charge is 2.26. The van der Waals surface area contributed by atoms with Crippen molar-refractivity contribution < 1.29 is 14.3 Å². The lowest BCUT2D eigenvalue weighted by molar-refractivity contribution is -0.149. The third-order valence-corrected chi connectivity index (χ3v) is 7.24. The van der Waals surface area contributed by atoms with Crippen LogP contribution < -0.4 is 4.74 Å². The molecule has 0 N–H and O–H groups in total. The molecule has 0 unspecified atom stereocenters. The summed E-state index contributed by atoms with van der Waals surface area (Å²) in [5, 5.41) is 2.92. The number of hydrogen-bond acceptors (Lipinski definition) is 4. The molecule has 4 nitrogen and oxygen atoms in total. The Bertz CT molecular complexity index is 899. The molecule has 5 heteroatoms. The van der Waals surface area contributed by atoms with E-state index in [1.54, 1.807) is 0 Å². The van der Waals surface area contributed by atoms with Crippen LogP contribution in [0.3, 0.4) is 0 Å². The third-order valence-electron chi connectivity index (χ3n) is 6.85. The quantitative estimate of drug-likeness (QED) is 0.496. The summed E-state index contributed by atoms with van der Waals surface area (Å²) < 4.78 is 11.5. The van der Waals surface area contributed by atoms with Gasteiger partial charge in [-0.25, -0.2) is 0 Å².